The Balaban J connectivity index is 0.000000187. The Morgan fingerprint density at radius 1 is 1.00 bits per heavy atom. The van der Waals surface area contributed by atoms with Gasteiger partial charge in [-0.15, -0.1) is 0 Å². The Morgan fingerprint density at radius 2 is 1.44 bits per heavy atom. The zero-order valence-corrected chi connectivity index (χ0v) is 12.1. The molecular weight excluding hydrogens is 393 g/mol. The van der Waals surface area contributed by atoms with Crippen molar-refractivity contribution < 1.29 is 10.1 Å². The molecule has 0 saturated heterocycles. The summed E-state index contributed by atoms with van der Waals surface area (Å²) in [7, 11) is 0.0650. The number of aromatic nitrogens is 1. The van der Waals surface area contributed by atoms with Crippen LogP contribution in [0.2, 0.25) is 0 Å². The molecule has 0 aliphatic rings. The zero-order valence-electron chi connectivity index (χ0n) is 4.80. The predicted molar refractivity (Wildman–Crippen MR) is 52.3 cm³/mol. The molecule has 0 bridgehead atoms. The molecule has 46 valence electrons. The smallest absolute Gasteiger partial charge is 0.0267 e. The second-order valence-corrected chi connectivity index (χ2v) is 24.6. The van der Waals surface area contributed by atoms with Gasteiger partial charge in [0.1, 0.15) is 0 Å². The molecule has 0 N–H and O–H groups in total. The Kier molecular flexibility index (Phi) is 10.5. The molecule has 1 aromatic heterocycles. The third-order valence-corrected chi connectivity index (χ3v) is 0.566. The van der Waals surface area contributed by atoms with Gasteiger partial charge in [-0.1, -0.05) is 6.07 Å². The summed E-state index contributed by atoms with van der Waals surface area (Å²) in [5.74, 6) is 0. The van der Waals surface area contributed by atoms with Crippen LogP contribution in [-0.2, 0) is 10.1 Å². The van der Waals surface area contributed by atoms with Gasteiger partial charge < -0.3 is 0 Å². The van der Waals surface area contributed by atoms with Crippen molar-refractivity contribution in [2.45, 2.75) is 0 Å². The van der Waals surface area contributed by atoms with Crippen molar-refractivity contribution in [2.75, 3.05) is 0 Å². The van der Waals surface area contributed by atoms with E-state index in [4.69, 9.17) is 0 Å². The van der Waals surface area contributed by atoms with Crippen LogP contribution in [0.3, 0.4) is 0 Å². The van der Waals surface area contributed by atoms with Crippen molar-refractivity contribution in [2.24, 2.45) is 0 Å². The summed E-state index contributed by atoms with van der Waals surface area (Å²) in [6.07, 6.45) is 3.50. The van der Waals surface area contributed by atoms with Crippen LogP contribution in [0, 0.1) is 0 Å². The molecule has 0 aliphatic heterocycles. The average molecular weight is 398 g/mol. The molecule has 1 rings (SSSR count). The van der Waals surface area contributed by atoms with Crippen LogP contribution < -0.4 is 0 Å². The molecular formula is C5H5I2NZn. The summed E-state index contributed by atoms with van der Waals surface area (Å²) in [5, 5.41) is 0. The molecule has 0 spiro atoms. The van der Waals surface area contributed by atoms with E-state index < -0.39 is 0 Å². The Morgan fingerprint density at radius 3 is 1.56 bits per heavy atom. The molecule has 0 unspecified atom stereocenters. The summed E-state index contributed by atoms with van der Waals surface area (Å²) in [5.41, 5.74) is 0. The van der Waals surface area contributed by atoms with Crippen LogP contribution >= 0.6 is 39.5 Å². The summed E-state index contributed by atoms with van der Waals surface area (Å²) in [6, 6.07) is 5.72. The monoisotopic (exact) mass is 397 g/mol. The number of halogens is 2. The first-order chi connectivity index (χ1) is 4.41. The van der Waals surface area contributed by atoms with Crippen molar-refractivity contribution in [3.05, 3.63) is 30.6 Å². The third kappa shape index (κ3) is 9.23. The first-order valence-electron chi connectivity index (χ1n) is 2.38. The van der Waals surface area contributed by atoms with E-state index in [-0.39, 0.29) is 10.1 Å². The maximum absolute atomic E-state index is 3.78. The molecule has 0 saturated carbocycles. The second kappa shape index (κ2) is 9.23. The van der Waals surface area contributed by atoms with Crippen LogP contribution in [-0.4, -0.2) is 4.98 Å². The van der Waals surface area contributed by atoms with E-state index in [0.29, 0.717) is 0 Å². The van der Waals surface area contributed by atoms with Crippen molar-refractivity contribution in [1.82, 2.24) is 4.98 Å². The number of pyridine rings is 1. The second-order valence-electron chi connectivity index (χ2n) is 1.13. The van der Waals surface area contributed by atoms with E-state index in [2.05, 4.69) is 44.5 Å². The van der Waals surface area contributed by atoms with E-state index >= 15 is 0 Å². The van der Waals surface area contributed by atoms with Gasteiger partial charge in [-0.2, -0.15) is 0 Å². The SMILES string of the molecule is [I][Zn][I].c1ccncc1. The molecule has 0 radical (unpaired) electrons. The van der Waals surface area contributed by atoms with Gasteiger partial charge in [0.2, 0.25) is 0 Å². The predicted octanol–water partition coefficient (Wildman–Crippen LogP) is 2.85. The van der Waals surface area contributed by atoms with Crippen molar-refractivity contribution in [3.63, 3.8) is 0 Å². The van der Waals surface area contributed by atoms with Crippen LogP contribution in [0.25, 0.3) is 0 Å². The minimum Gasteiger partial charge on any atom is -0.265 e. The molecule has 1 aromatic rings. The van der Waals surface area contributed by atoms with E-state index in [1.54, 1.807) is 12.4 Å². The summed E-state index contributed by atoms with van der Waals surface area (Å²) < 4.78 is 0. The first kappa shape index (κ1) is 10.2. The van der Waals surface area contributed by atoms with E-state index in [1.807, 2.05) is 18.2 Å². The minimum absolute atomic E-state index is 0.0650. The molecule has 0 atom stereocenters. The topological polar surface area (TPSA) is 12.9 Å². The van der Waals surface area contributed by atoms with Crippen LogP contribution in [0.1, 0.15) is 0 Å². The van der Waals surface area contributed by atoms with Crippen LogP contribution in [0.15, 0.2) is 30.6 Å². The third-order valence-electron chi connectivity index (χ3n) is 0.566. The maximum atomic E-state index is 3.78. The summed E-state index contributed by atoms with van der Waals surface area (Å²) in [6.45, 7) is 0. The first-order valence-corrected chi connectivity index (χ1v) is 20.5. The Hall–Kier alpha value is 1.23. The molecule has 9 heavy (non-hydrogen) atoms. The zero-order chi connectivity index (χ0) is 6.95. The Labute approximate surface area is 84.0 Å². The van der Waals surface area contributed by atoms with Crippen molar-refractivity contribution in [3.8, 4) is 0 Å². The number of hydrogen-bond acceptors (Lipinski definition) is 1. The molecule has 0 aliphatic carbocycles. The van der Waals surface area contributed by atoms with Gasteiger partial charge in [0, 0.05) is 12.4 Å². The average Bonchev–Trinajstić information content (AvgIpc) is 1.93. The van der Waals surface area contributed by atoms with Crippen LogP contribution in [0.5, 0.6) is 0 Å². The van der Waals surface area contributed by atoms with Crippen molar-refractivity contribution in [1.29, 1.82) is 0 Å². The quantitative estimate of drug-likeness (QED) is 0.484. The minimum atomic E-state index is 0.0650. The molecule has 0 amide bonds. The summed E-state index contributed by atoms with van der Waals surface area (Å²) >= 11 is 4.93. The van der Waals surface area contributed by atoms with Crippen LogP contribution in [0.4, 0.5) is 0 Å². The number of hydrogen-bond donors (Lipinski definition) is 0. The van der Waals surface area contributed by atoms with Gasteiger partial charge in [-0.3, -0.25) is 4.98 Å². The van der Waals surface area contributed by atoms with Gasteiger partial charge in [0.25, 0.3) is 0 Å². The van der Waals surface area contributed by atoms with Gasteiger partial charge in [-0.25, -0.2) is 0 Å². The molecule has 4 heteroatoms. The van der Waals surface area contributed by atoms with E-state index in [9.17, 15) is 0 Å². The fourth-order valence-corrected chi connectivity index (χ4v) is 0.313. The number of nitrogens with zero attached hydrogens (tertiary/aromatic N) is 1. The fourth-order valence-electron chi connectivity index (χ4n) is 0.313. The number of rotatable bonds is 0. The van der Waals surface area contributed by atoms with E-state index in [0.717, 1.165) is 0 Å². The molecule has 1 nitrogen and oxygen atoms in total. The Bertz CT molecular complexity index is 97.8. The van der Waals surface area contributed by atoms with Gasteiger partial charge in [0.05, 0.1) is 0 Å². The van der Waals surface area contributed by atoms with Crippen molar-refractivity contribution >= 4 is 39.5 Å². The van der Waals surface area contributed by atoms with Gasteiger partial charge in [0.15, 0.2) is 0 Å². The summed E-state index contributed by atoms with van der Waals surface area (Å²) in [4.78, 5) is 3.78. The van der Waals surface area contributed by atoms with E-state index in [1.165, 1.54) is 0 Å². The maximum Gasteiger partial charge on any atom is 0.0267 e. The standard InChI is InChI=1S/C5H5N.2HI.Zn/c1-2-4-6-5-3-1;;;/h1-5H;2*1H;/q;;;+2/p-2. The van der Waals surface area contributed by atoms with Gasteiger partial charge >= 0.3 is 49.6 Å². The molecule has 0 aromatic carbocycles. The molecule has 0 fully saturated rings. The molecule has 1 heterocycles. The fraction of sp³-hybridized carbons (Fsp3) is 0. The van der Waals surface area contributed by atoms with Gasteiger partial charge in [-0.05, 0) is 12.1 Å². The normalized spacial score (nSPS) is 6.44. The largest absolute Gasteiger partial charge is 0.265 e.